The molecule has 2 fully saturated rings. The molecule has 164 valence electrons. The molecular weight excluding hydrogens is 398 g/mol. The Balaban J connectivity index is 1.67. The van der Waals surface area contributed by atoms with E-state index in [4.69, 9.17) is 0 Å². The van der Waals surface area contributed by atoms with Gasteiger partial charge in [-0.2, -0.15) is 0 Å². The minimum absolute atomic E-state index is 0.0352. The molecule has 2 aliphatic rings. The molecule has 0 heterocycles. The molecular formula is C28H29NO3. The van der Waals surface area contributed by atoms with Crippen molar-refractivity contribution in [1.29, 1.82) is 0 Å². The molecule has 0 aliphatic heterocycles. The summed E-state index contributed by atoms with van der Waals surface area (Å²) in [5.41, 5.74) is 4.65. The number of phenolic OH excluding ortho intramolecular Hbond substituents is 2. The van der Waals surface area contributed by atoms with Crippen molar-refractivity contribution in [3.8, 4) is 11.5 Å². The third kappa shape index (κ3) is 3.54. The van der Waals surface area contributed by atoms with E-state index in [9.17, 15) is 15.0 Å². The lowest BCUT2D eigenvalue weighted by atomic mass is 9.69. The second-order valence-electron chi connectivity index (χ2n) is 9.46. The Hall–Kier alpha value is -3.27. The second-order valence-corrected chi connectivity index (χ2v) is 9.46. The van der Waals surface area contributed by atoms with Gasteiger partial charge in [0.25, 0.3) is 0 Å². The molecule has 0 spiro atoms. The van der Waals surface area contributed by atoms with Crippen LogP contribution in [-0.4, -0.2) is 22.2 Å². The van der Waals surface area contributed by atoms with E-state index in [2.05, 4.69) is 29.6 Å². The van der Waals surface area contributed by atoms with Crippen LogP contribution >= 0.6 is 0 Å². The number of hydrogen-bond acceptors (Lipinski definition) is 3. The molecule has 2 bridgehead atoms. The Labute approximate surface area is 188 Å². The predicted octanol–water partition coefficient (Wildman–Crippen LogP) is 5.22. The molecule has 0 saturated heterocycles. The predicted molar refractivity (Wildman–Crippen MR) is 125 cm³/mol. The van der Waals surface area contributed by atoms with Gasteiger partial charge in [-0.15, -0.1) is 0 Å². The molecule has 3 unspecified atom stereocenters. The van der Waals surface area contributed by atoms with Crippen LogP contribution in [0.1, 0.15) is 60.8 Å². The quantitative estimate of drug-likeness (QED) is 0.489. The van der Waals surface area contributed by atoms with Crippen LogP contribution in [0.4, 0.5) is 0 Å². The summed E-state index contributed by atoms with van der Waals surface area (Å²) in [4.78, 5) is 12.0. The molecule has 1 amide bonds. The highest BCUT2D eigenvalue weighted by atomic mass is 16.3. The van der Waals surface area contributed by atoms with Gasteiger partial charge in [0.05, 0.1) is 0 Å². The third-order valence-corrected chi connectivity index (χ3v) is 7.53. The van der Waals surface area contributed by atoms with Crippen molar-refractivity contribution >= 4 is 5.91 Å². The lowest BCUT2D eigenvalue weighted by Gasteiger charge is -2.39. The number of phenols is 2. The van der Waals surface area contributed by atoms with Gasteiger partial charge in [0, 0.05) is 24.3 Å². The molecule has 5 rings (SSSR count). The number of aromatic hydroxyl groups is 2. The largest absolute Gasteiger partial charge is 0.508 e. The zero-order valence-electron chi connectivity index (χ0n) is 18.3. The van der Waals surface area contributed by atoms with Gasteiger partial charge in [0.15, 0.2) is 0 Å². The number of fused-ring (bicyclic) bond motifs is 2. The van der Waals surface area contributed by atoms with Crippen LogP contribution in [0.3, 0.4) is 0 Å². The van der Waals surface area contributed by atoms with Gasteiger partial charge in [-0.3, -0.25) is 4.79 Å². The number of carbonyl (C=O) groups is 1. The summed E-state index contributed by atoms with van der Waals surface area (Å²) in [6, 6.07) is 23.6. The van der Waals surface area contributed by atoms with Crippen molar-refractivity contribution in [3.63, 3.8) is 0 Å². The molecule has 3 aromatic rings. The average molecular weight is 428 g/mol. The third-order valence-electron chi connectivity index (χ3n) is 7.53. The van der Waals surface area contributed by atoms with Gasteiger partial charge in [-0.1, -0.05) is 48.5 Å². The Bertz CT molecular complexity index is 1080. The highest BCUT2D eigenvalue weighted by molar-refractivity contribution is 5.73. The summed E-state index contributed by atoms with van der Waals surface area (Å²) in [7, 11) is 0. The highest BCUT2D eigenvalue weighted by Gasteiger charge is 2.54. The van der Waals surface area contributed by atoms with E-state index in [1.807, 2.05) is 24.3 Å². The summed E-state index contributed by atoms with van der Waals surface area (Å²) in [6.45, 7) is 1.61. The molecule has 3 atom stereocenters. The van der Waals surface area contributed by atoms with Crippen molar-refractivity contribution in [1.82, 2.24) is 5.32 Å². The van der Waals surface area contributed by atoms with Crippen LogP contribution < -0.4 is 5.32 Å². The van der Waals surface area contributed by atoms with Gasteiger partial charge in [0.1, 0.15) is 11.5 Å². The zero-order chi connectivity index (χ0) is 22.3. The van der Waals surface area contributed by atoms with Crippen molar-refractivity contribution in [2.24, 2.45) is 5.92 Å². The molecule has 0 radical (unpaired) electrons. The Morgan fingerprint density at radius 2 is 1.53 bits per heavy atom. The molecule has 4 nitrogen and oxygen atoms in total. The molecule has 3 aromatic carbocycles. The molecule has 3 N–H and O–H groups in total. The minimum Gasteiger partial charge on any atom is -0.508 e. The van der Waals surface area contributed by atoms with Crippen LogP contribution in [0, 0.1) is 5.92 Å². The monoisotopic (exact) mass is 427 g/mol. The Kier molecular flexibility index (Phi) is 5.16. The van der Waals surface area contributed by atoms with Crippen molar-refractivity contribution in [2.45, 2.75) is 50.0 Å². The molecule has 0 aromatic heterocycles. The van der Waals surface area contributed by atoms with Gasteiger partial charge in [-0.05, 0) is 78.1 Å². The fourth-order valence-corrected chi connectivity index (χ4v) is 6.22. The maximum Gasteiger partial charge on any atom is 0.217 e. The number of rotatable bonds is 5. The van der Waals surface area contributed by atoms with Gasteiger partial charge in [-0.25, -0.2) is 0 Å². The summed E-state index contributed by atoms with van der Waals surface area (Å²) in [6.07, 6.45) is 4.43. The van der Waals surface area contributed by atoms with Crippen molar-refractivity contribution < 1.29 is 15.0 Å². The van der Waals surface area contributed by atoms with Crippen molar-refractivity contribution in [3.05, 3.63) is 95.1 Å². The first-order chi connectivity index (χ1) is 15.5. The smallest absolute Gasteiger partial charge is 0.217 e. The van der Waals surface area contributed by atoms with Crippen molar-refractivity contribution in [2.75, 3.05) is 0 Å². The Morgan fingerprint density at radius 3 is 2.09 bits per heavy atom. The van der Waals surface area contributed by atoms with E-state index in [-0.39, 0.29) is 34.8 Å². The van der Waals surface area contributed by atoms with Gasteiger partial charge < -0.3 is 15.5 Å². The van der Waals surface area contributed by atoms with Crippen LogP contribution in [0.2, 0.25) is 0 Å². The number of benzene rings is 3. The van der Waals surface area contributed by atoms with E-state index >= 15 is 0 Å². The first-order valence-corrected chi connectivity index (χ1v) is 11.4. The lowest BCUT2D eigenvalue weighted by Crippen LogP contribution is -2.47. The number of amides is 1. The van der Waals surface area contributed by atoms with E-state index in [0.717, 1.165) is 30.4 Å². The molecule has 2 aliphatic carbocycles. The summed E-state index contributed by atoms with van der Waals surface area (Å²) in [5.74, 6) is 1.13. The number of carbonyl (C=O) groups excluding carboxylic acids is 1. The van der Waals surface area contributed by atoms with Crippen LogP contribution in [0.5, 0.6) is 11.5 Å². The maximum absolute atomic E-state index is 12.0. The van der Waals surface area contributed by atoms with Crippen LogP contribution in [0.25, 0.3) is 0 Å². The van der Waals surface area contributed by atoms with E-state index in [0.29, 0.717) is 5.92 Å². The maximum atomic E-state index is 12.0. The molecule has 4 heteroatoms. The van der Waals surface area contributed by atoms with E-state index < -0.39 is 0 Å². The number of hydrogen-bond donors (Lipinski definition) is 3. The highest BCUT2D eigenvalue weighted by Crippen LogP contribution is 2.57. The van der Waals surface area contributed by atoms with Crippen LogP contribution in [0.15, 0.2) is 72.8 Å². The fourth-order valence-electron chi connectivity index (χ4n) is 6.22. The summed E-state index contributed by atoms with van der Waals surface area (Å²) >= 11 is 0. The first kappa shape index (κ1) is 20.6. The van der Waals surface area contributed by atoms with E-state index in [1.54, 1.807) is 31.2 Å². The standard InChI is InChI=1S/C28H29NO3/c1-18(30)29-26-16-19-14-15-28(26,17-19)25-5-3-2-4-24(25)27(20-6-10-22(31)11-7-20)21-8-12-23(32)13-9-21/h2-13,19,26-27,31-32H,14-17H2,1H3,(H,29,30). The summed E-state index contributed by atoms with van der Waals surface area (Å²) < 4.78 is 0. The SMILES string of the molecule is CC(=O)NC1CC2CCC1(c1ccccc1C(c1ccc(O)cc1)c1ccc(O)cc1)C2. The molecule has 2 saturated carbocycles. The summed E-state index contributed by atoms with van der Waals surface area (Å²) in [5, 5.41) is 23.0. The average Bonchev–Trinajstić information content (AvgIpc) is 3.36. The number of nitrogens with one attached hydrogen (secondary N) is 1. The van der Waals surface area contributed by atoms with Gasteiger partial charge in [0.2, 0.25) is 5.91 Å². The second kappa shape index (κ2) is 8.01. The first-order valence-electron chi connectivity index (χ1n) is 11.4. The lowest BCUT2D eigenvalue weighted by molar-refractivity contribution is -0.120. The molecule has 32 heavy (non-hydrogen) atoms. The normalized spacial score (nSPS) is 24.1. The fraction of sp³-hybridized carbons (Fsp3) is 0.321. The van der Waals surface area contributed by atoms with Crippen LogP contribution in [-0.2, 0) is 10.2 Å². The minimum atomic E-state index is -0.0565. The topological polar surface area (TPSA) is 69.6 Å². The van der Waals surface area contributed by atoms with E-state index in [1.165, 1.54) is 17.5 Å². The van der Waals surface area contributed by atoms with Gasteiger partial charge >= 0.3 is 0 Å². The Morgan fingerprint density at radius 1 is 0.938 bits per heavy atom. The zero-order valence-corrected chi connectivity index (χ0v) is 18.3.